The number of sulfonamides is 1. The van der Waals surface area contributed by atoms with Gasteiger partial charge in [-0.3, -0.25) is 0 Å². The summed E-state index contributed by atoms with van der Waals surface area (Å²) >= 11 is 5.90. The second-order valence-electron chi connectivity index (χ2n) is 7.47. The van der Waals surface area contributed by atoms with E-state index in [0.717, 1.165) is 11.1 Å². The van der Waals surface area contributed by atoms with Gasteiger partial charge < -0.3 is 4.42 Å². The van der Waals surface area contributed by atoms with Gasteiger partial charge in [-0.15, -0.1) is 0 Å². The molecule has 4 aromatic rings. The average molecular weight is 457 g/mol. The number of fused-ring (bicyclic) bond motifs is 1. The van der Waals surface area contributed by atoms with Crippen molar-refractivity contribution in [2.24, 2.45) is 0 Å². The van der Waals surface area contributed by atoms with Crippen LogP contribution in [-0.4, -0.2) is 24.3 Å². The zero-order chi connectivity index (χ0) is 21.6. The van der Waals surface area contributed by atoms with Crippen molar-refractivity contribution in [2.45, 2.75) is 23.8 Å². The van der Waals surface area contributed by atoms with Crippen LogP contribution < -0.4 is 0 Å². The van der Waals surface area contributed by atoms with E-state index in [2.05, 4.69) is 4.98 Å². The van der Waals surface area contributed by atoms with Gasteiger partial charge in [0, 0.05) is 11.6 Å². The van der Waals surface area contributed by atoms with Crippen LogP contribution in [-0.2, 0) is 10.0 Å². The highest BCUT2D eigenvalue weighted by molar-refractivity contribution is 7.89. The summed E-state index contributed by atoms with van der Waals surface area (Å²) in [5.74, 6) is 0.0499. The number of hydrogen-bond donors (Lipinski definition) is 0. The number of nitrogens with zero attached hydrogens (tertiary/aromatic N) is 2. The first-order valence-electron chi connectivity index (χ1n) is 9.86. The summed E-state index contributed by atoms with van der Waals surface area (Å²) in [6, 6.07) is 17.4. The Bertz CT molecular complexity index is 1370. The molecule has 0 saturated carbocycles. The van der Waals surface area contributed by atoms with Crippen molar-refractivity contribution in [2.75, 3.05) is 6.54 Å². The van der Waals surface area contributed by atoms with Crippen molar-refractivity contribution >= 4 is 32.7 Å². The molecular formula is C23H18ClFN2O3S. The molecule has 0 bridgehead atoms. The number of rotatable bonds is 4. The minimum atomic E-state index is -3.71. The van der Waals surface area contributed by atoms with Crippen molar-refractivity contribution in [3.05, 3.63) is 83.5 Å². The summed E-state index contributed by atoms with van der Waals surface area (Å²) in [4.78, 5) is 4.78. The van der Waals surface area contributed by atoms with Gasteiger partial charge in [-0.1, -0.05) is 29.8 Å². The molecule has 0 N–H and O–H groups in total. The van der Waals surface area contributed by atoms with Crippen LogP contribution in [0, 0.1) is 5.82 Å². The summed E-state index contributed by atoms with van der Waals surface area (Å²) < 4.78 is 47.3. The van der Waals surface area contributed by atoms with E-state index in [9.17, 15) is 12.8 Å². The molecule has 1 saturated heterocycles. The molecule has 3 aromatic carbocycles. The van der Waals surface area contributed by atoms with Gasteiger partial charge in [0.25, 0.3) is 0 Å². The van der Waals surface area contributed by atoms with Crippen LogP contribution >= 0.6 is 11.6 Å². The maximum Gasteiger partial charge on any atom is 0.243 e. The second-order valence-corrected chi connectivity index (χ2v) is 9.80. The Balaban J connectivity index is 1.50. The predicted molar refractivity (Wildman–Crippen MR) is 117 cm³/mol. The van der Waals surface area contributed by atoms with Gasteiger partial charge in [0.15, 0.2) is 5.58 Å². The fourth-order valence-electron chi connectivity index (χ4n) is 3.95. The molecule has 2 heterocycles. The maximum absolute atomic E-state index is 13.6. The van der Waals surface area contributed by atoms with E-state index >= 15 is 0 Å². The Morgan fingerprint density at radius 3 is 2.58 bits per heavy atom. The van der Waals surface area contributed by atoms with Crippen molar-refractivity contribution in [3.63, 3.8) is 0 Å². The summed E-state index contributed by atoms with van der Waals surface area (Å²) in [7, 11) is -3.71. The summed E-state index contributed by atoms with van der Waals surface area (Å²) in [6.45, 7) is 0.392. The molecule has 1 aliphatic rings. The third-order valence-corrected chi connectivity index (χ3v) is 7.65. The number of oxazole rings is 1. The summed E-state index contributed by atoms with van der Waals surface area (Å²) in [5, 5.41) is 0.477. The van der Waals surface area contributed by atoms with E-state index in [0.29, 0.717) is 41.4 Å². The number of halogens is 2. The smallest absolute Gasteiger partial charge is 0.243 e. The molecule has 1 aromatic heterocycles. The predicted octanol–water partition coefficient (Wildman–Crippen LogP) is 5.81. The Kier molecular flexibility index (Phi) is 5.04. The van der Waals surface area contributed by atoms with Crippen LogP contribution in [0.4, 0.5) is 4.39 Å². The molecule has 31 heavy (non-hydrogen) atoms. The average Bonchev–Trinajstić information content (AvgIpc) is 3.41. The van der Waals surface area contributed by atoms with Gasteiger partial charge in [0.1, 0.15) is 17.4 Å². The van der Waals surface area contributed by atoms with E-state index in [4.69, 9.17) is 16.0 Å². The normalized spacial score (nSPS) is 17.4. The van der Waals surface area contributed by atoms with Crippen LogP contribution in [0.15, 0.2) is 76.0 Å². The molecule has 1 unspecified atom stereocenters. The van der Waals surface area contributed by atoms with Crippen molar-refractivity contribution in [3.8, 4) is 11.1 Å². The lowest BCUT2D eigenvalue weighted by Gasteiger charge is -2.21. The molecule has 0 aliphatic carbocycles. The molecule has 0 radical (unpaired) electrons. The Hall–Kier alpha value is -2.74. The number of aromatic nitrogens is 1. The minimum Gasteiger partial charge on any atom is -0.439 e. The Labute approximate surface area is 184 Å². The molecule has 0 amide bonds. The van der Waals surface area contributed by atoms with Gasteiger partial charge in [-0.25, -0.2) is 17.8 Å². The molecule has 0 spiro atoms. The van der Waals surface area contributed by atoms with Crippen LogP contribution in [0.1, 0.15) is 24.8 Å². The highest BCUT2D eigenvalue weighted by Gasteiger charge is 2.39. The highest BCUT2D eigenvalue weighted by atomic mass is 35.5. The first-order valence-corrected chi connectivity index (χ1v) is 11.7. The van der Waals surface area contributed by atoms with Gasteiger partial charge in [0.2, 0.25) is 15.9 Å². The summed E-state index contributed by atoms with van der Waals surface area (Å²) in [5.41, 5.74) is 2.71. The van der Waals surface area contributed by atoms with Gasteiger partial charge in [-0.05, 0) is 72.5 Å². The van der Waals surface area contributed by atoms with E-state index in [-0.39, 0.29) is 10.7 Å². The topological polar surface area (TPSA) is 63.4 Å². The standard InChI is InChI=1S/C23H18ClFN2O3S/c24-17-7-9-19(10-8-17)31(28,29)27-12-2-5-21(27)23-26-20-14-16(6-11-22(20)30-23)15-3-1-4-18(25)13-15/h1,3-4,6-11,13-14,21H,2,5,12H2. The molecule has 5 nitrogen and oxygen atoms in total. The highest BCUT2D eigenvalue weighted by Crippen LogP contribution is 2.38. The lowest BCUT2D eigenvalue weighted by atomic mass is 10.1. The summed E-state index contributed by atoms with van der Waals surface area (Å²) in [6.07, 6.45) is 1.33. The van der Waals surface area contributed by atoms with E-state index < -0.39 is 16.1 Å². The Morgan fingerprint density at radius 2 is 1.81 bits per heavy atom. The quantitative estimate of drug-likeness (QED) is 0.388. The fourth-order valence-corrected chi connectivity index (χ4v) is 5.73. The third-order valence-electron chi connectivity index (χ3n) is 5.47. The van der Waals surface area contributed by atoms with Crippen LogP contribution in [0.25, 0.3) is 22.2 Å². The van der Waals surface area contributed by atoms with Gasteiger partial charge >= 0.3 is 0 Å². The van der Waals surface area contributed by atoms with Gasteiger partial charge in [-0.2, -0.15) is 4.31 Å². The first-order chi connectivity index (χ1) is 14.9. The number of benzene rings is 3. The zero-order valence-corrected chi connectivity index (χ0v) is 17.9. The van der Waals surface area contributed by atoms with Crippen molar-refractivity contribution in [1.82, 2.24) is 9.29 Å². The lowest BCUT2D eigenvalue weighted by molar-refractivity contribution is 0.337. The third kappa shape index (κ3) is 3.73. The van der Waals surface area contributed by atoms with Crippen molar-refractivity contribution < 1.29 is 17.2 Å². The van der Waals surface area contributed by atoms with Gasteiger partial charge in [0.05, 0.1) is 4.90 Å². The molecule has 1 aliphatic heterocycles. The zero-order valence-electron chi connectivity index (χ0n) is 16.3. The lowest BCUT2D eigenvalue weighted by Crippen LogP contribution is -2.30. The van der Waals surface area contributed by atoms with Crippen LogP contribution in [0.2, 0.25) is 5.02 Å². The molecule has 1 fully saturated rings. The van der Waals surface area contributed by atoms with E-state index in [1.807, 2.05) is 18.2 Å². The van der Waals surface area contributed by atoms with Crippen LogP contribution in [0.5, 0.6) is 0 Å². The number of hydrogen-bond acceptors (Lipinski definition) is 4. The van der Waals surface area contributed by atoms with E-state index in [1.54, 1.807) is 24.3 Å². The maximum atomic E-state index is 13.6. The monoisotopic (exact) mass is 456 g/mol. The van der Waals surface area contributed by atoms with Crippen LogP contribution in [0.3, 0.4) is 0 Å². The molecule has 158 valence electrons. The van der Waals surface area contributed by atoms with Crippen molar-refractivity contribution in [1.29, 1.82) is 0 Å². The van der Waals surface area contributed by atoms with E-state index in [1.165, 1.54) is 28.6 Å². The molecule has 8 heteroatoms. The first kappa shape index (κ1) is 20.2. The molecule has 5 rings (SSSR count). The largest absolute Gasteiger partial charge is 0.439 e. The fraction of sp³-hybridized carbons (Fsp3) is 0.174. The minimum absolute atomic E-state index is 0.188. The molecular weight excluding hydrogens is 439 g/mol. The molecule has 1 atom stereocenters. The second kappa shape index (κ2) is 7.75. The SMILES string of the molecule is O=S(=O)(c1ccc(Cl)cc1)N1CCCC1c1nc2cc(-c3cccc(F)c3)ccc2o1. The Morgan fingerprint density at radius 1 is 1.03 bits per heavy atom.